The third kappa shape index (κ3) is 4.65. The number of aromatic nitrogens is 3. The molecule has 0 radical (unpaired) electrons. The number of ether oxygens (including phenoxy) is 3. The molecule has 0 aliphatic carbocycles. The van der Waals surface area contributed by atoms with Crippen molar-refractivity contribution in [2.45, 2.75) is 37.2 Å². The van der Waals surface area contributed by atoms with Gasteiger partial charge >= 0.3 is 6.09 Å². The van der Waals surface area contributed by atoms with Gasteiger partial charge in [0, 0.05) is 26.2 Å². The van der Waals surface area contributed by atoms with Crippen LogP contribution < -0.4 is 9.47 Å². The maximum Gasteiger partial charge on any atom is 0.409 e. The van der Waals surface area contributed by atoms with Gasteiger partial charge in [-0.25, -0.2) is 9.78 Å². The molecule has 2 unspecified atom stereocenters. The Labute approximate surface area is 197 Å². The molecule has 11 heteroatoms. The highest BCUT2D eigenvalue weighted by Gasteiger charge is 2.44. The normalized spacial score (nSPS) is 19.3. The fraction of sp³-hybridized carbons (Fsp3) is 0.545. The molecule has 1 fully saturated rings. The standard InChI is InChI=1S/C22H29N5O5S/c1-5-31-16-8-7-15(13-17(16)30-4)18(19-20(28)27-21(33-19)23-14(3)24-27)25-9-11-26(12-10-25)22(29)32-6-2/h7-8,13,18-19H,5-6,9-12H2,1-4H3. The lowest BCUT2D eigenvalue weighted by molar-refractivity contribution is 0.0600. The first-order chi connectivity index (χ1) is 16.0. The molecule has 10 nitrogen and oxygen atoms in total. The number of carbonyl (C=O) groups excluding carboxylic acids is 2. The number of thioether (sulfide) groups is 1. The molecule has 1 saturated heterocycles. The fourth-order valence-corrected chi connectivity index (χ4v) is 5.52. The molecule has 3 heterocycles. The first-order valence-corrected chi connectivity index (χ1v) is 12.0. The number of aryl methyl sites for hydroxylation is 1. The molecule has 2 aliphatic heterocycles. The Morgan fingerprint density at radius 2 is 1.94 bits per heavy atom. The molecule has 0 saturated carbocycles. The molecule has 2 atom stereocenters. The van der Waals surface area contributed by atoms with Crippen LogP contribution in [0, 0.1) is 6.92 Å². The molecule has 33 heavy (non-hydrogen) atoms. The van der Waals surface area contributed by atoms with Crippen LogP contribution in [0.2, 0.25) is 0 Å². The van der Waals surface area contributed by atoms with Crippen LogP contribution in [0.5, 0.6) is 11.5 Å². The number of rotatable bonds is 7. The summed E-state index contributed by atoms with van der Waals surface area (Å²) in [5.41, 5.74) is 0.938. The molecule has 1 aromatic heterocycles. The molecule has 2 aliphatic rings. The number of amides is 1. The fourth-order valence-electron chi connectivity index (χ4n) is 4.22. The van der Waals surface area contributed by atoms with Gasteiger partial charge in [0.2, 0.25) is 0 Å². The van der Waals surface area contributed by atoms with Crippen molar-refractivity contribution in [2.75, 3.05) is 46.5 Å². The molecule has 2 aromatic rings. The van der Waals surface area contributed by atoms with Gasteiger partial charge in [0.1, 0.15) is 11.1 Å². The van der Waals surface area contributed by atoms with Gasteiger partial charge in [0.05, 0.1) is 26.4 Å². The monoisotopic (exact) mass is 475 g/mol. The van der Waals surface area contributed by atoms with Crippen molar-refractivity contribution < 1.29 is 23.8 Å². The van der Waals surface area contributed by atoms with E-state index in [2.05, 4.69) is 15.0 Å². The zero-order valence-electron chi connectivity index (χ0n) is 19.3. The molecule has 0 N–H and O–H groups in total. The zero-order valence-corrected chi connectivity index (χ0v) is 20.1. The largest absolute Gasteiger partial charge is 0.493 e. The lowest BCUT2D eigenvalue weighted by Gasteiger charge is -2.40. The molecular weight excluding hydrogens is 446 g/mol. The van der Waals surface area contributed by atoms with E-state index < -0.39 is 5.25 Å². The number of nitrogens with zero attached hydrogens (tertiary/aromatic N) is 5. The number of hydrogen-bond donors (Lipinski definition) is 0. The summed E-state index contributed by atoms with van der Waals surface area (Å²) in [5.74, 6) is 1.75. The molecule has 1 amide bonds. The number of benzene rings is 1. The minimum atomic E-state index is -0.419. The lowest BCUT2D eigenvalue weighted by Crippen LogP contribution is -2.52. The van der Waals surface area contributed by atoms with Crippen LogP contribution in [-0.4, -0.2) is 88.3 Å². The predicted octanol–water partition coefficient (Wildman–Crippen LogP) is 2.62. The van der Waals surface area contributed by atoms with Crippen LogP contribution in [0.15, 0.2) is 23.4 Å². The van der Waals surface area contributed by atoms with Crippen LogP contribution in [0.4, 0.5) is 4.79 Å². The number of hydrogen-bond acceptors (Lipinski definition) is 9. The van der Waals surface area contributed by atoms with E-state index >= 15 is 0 Å². The molecule has 0 bridgehead atoms. The van der Waals surface area contributed by atoms with Crippen LogP contribution in [0.1, 0.15) is 36.1 Å². The Bertz CT molecular complexity index is 1020. The van der Waals surface area contributed by atoms with E-state index in [9.17, 15) is 9.59 Å². The van der Waals surface area contributed by atoms with Crippen molar-refractivity contribution in [1.82, 2.24) is 24.6 Å². The van der Waals surface area contributed by atoms with E-state index in [1.54, 1.807) is 25.9 Å². The van der Waals surface area contributed by atoms with Crippen molar-refractivity contribution in [2.24, 2.45) is 0 Å². The van der Waals surface area contributed by atoms with E-state index in [0.717, 1.165) is 5.56 Å². The maximum atomic E-state index is 13.3. The minimum absolute atomic E-state index is 0.0960. The van der Waals surface area contributed by atoms with Gasteiger partial charge in [-0.1, -0.05) is 17.8 Å². The summed E-state index contributed by atoms with van der Waals surface area (Å²) >= 11 is 1.43. The van der Waals surface area contributed by atoms with E-state index in [0.29, 0.717) is 61.9 Å². The first kappa shape index (κ1) is 23.4. The smallest absolute Gasteiger partial charge is 0.409 e. The van der Waals surface area contributed by atoms with Crippen molar-refractivity contribution in [3.63, 3.8) is 0 Å². The number of fused-ring (bicyclic) bond motifs is 1. The second kappa shape index (κ2) is 10.0. The SMILES string of the molecule is CCOC(=O)N1CCN(C(c2ccc(OCC)c(OC)c2)C2Sc3nc(C)nn3C2=O)CC1. The van der Waals surface area contributed by atoms with Crippen LogP contribution in [0.25, 0.3) is 0 Å². The summed E-state index contributed by atoms with van der Waals surface area (Å²) < 4.78 is 17.8. The Balaban J connectivity index is 1.63. The summed E-state index contributed by atoms with van der Waals surface area (Å²) in [5, 5.41) is 4.46. The van der Waals surface area contributed by atoms with Crippen LogP contribution >= 0.6 is 11.8 Å². The van der Waals surface area contributed by atoms with Gasteiger partial charge in [0.15, 0.2) is 16.7 Å². The number of methoxy groups -OCH3 is 1. The summed E-state index contributed by atoms with van der Waals surface area (Å²) in [6.07, 6.45) is -0.303. The molecule has 4 rings (SSSR count). The van der Waals surface area contributed by atoms with E-state index in [4.69, 9.17) is 14.2 Å². The van der Waals surface area contributed by atoms with Crippen LogP contribution in [-0.2, 0) is 4.74 Å². The minimum Gasteiger partial charge on any atom is -0.493 e. The van der Waals surface area contributed by atoms with Gasteiger partial charge < -0.3 is 19.1 Å². The summed E-state index contributed by atoms with van der Waals surface area (Å²) in [7, 11) is 1.60. The lowest BCUT2D eigenvalue weighted by atomic mass is 9.99. The average Bonchev–Trinajstić information content (AvgIpc) is 3.32. The van der Waals surface area contributed by atoms with Crippen molar-refractivity contribution in [3.8, 4) is 11.5 Å². The van der Waals surface area contributed by atoms with Gasteiger partial charge in [0.25, 0.3) is 5.91 Å². The van der Waals surface area contributed by atoms with Crippen molar-refractivity contribution in [1.29, 1.82) is 0 Å². The topological polar surface area (TPSA) is 99.0 Å². The highest BCUT2D eigenvalue weighted by atomic mass is 32.2. The number of carbonyl (C=O) groups is 2. The molecular formula is C22H29N5O5S. The van der Waals surface area contributed by atoms with E-state index in [1.165, 1.54) is 16.4 Å². The maximum absolute atomic E-state index is 13.3. The summed E-state index contributed by atoms with van der Waals surface area (Å²) in [6.45, 7) is 8.63. The van der Waals surface area contributed by atoms with Crippen LogP contribution in [0.3, 0.4) is 0 Å². The van der Waals surface area contributed by atoms with Crippen molar-refractivity contribution >= 4 is 23.8 Å². The second-order valence-corrected chi connectivity index (χ2v) is 8.85. The Kier molecular flexibility index (Phi) is 7.08. The van der Waals surface area contributed by atoms with E-state index in [-0.39, 0.29) is 18.0 Å². The molecule has 178 valence electrons. The number of piperazine rings is 1. The van der Waals surface area contributed by atoms with Gasteiger partial charge in [-0.15, -0.1) is 5.10 Å². The van der Waals surface area contributed by atoms with E-state index in [1.807, 2.05) is 25.1 Å². The highest BCUT2D eigenvalue weighted by Crippen LogP contribution is 2.43. The molecule has 1 aromatic carbocycles. The predicted molar refractivity (Wildman–Crippen MR) is 122 cm³/mol. The van der Waals surface area contributed by atoms with Gasteiger partial charge in [-0.05, 0) is 38.5 Å². The third-order valence-corrected chi connectivity index (χ3v) is 6.91. The Morgan fingerprint density at radius 1 is 1.18 bits per heavy atom. The summed E-state index contributed by atoms with van der Waals surface area (Å²) in [4.78, 5) is 33.8. The quantitative estimate of drug-likeness (QED) is 0.598. The Hall–Kier alpha value is -2.79. The zero-order chi connectivity index (χ0) is 23.5. The second-order valence-electron chi connectivity index (χ2n) is 7.74. The van der Waals surface area contributed by atoms with Crippen molar-refractivity contribution in [3.05, 3.63) is 29.6 Å². The highest BCUT2D eigenvalue weighted by molar-refractivity contribution is 8.00. The van der Waals surface area contributed by atoms with Gasteiger partial charge in [-0.2, -0.15) is 4.68 Å². The summed E-state index contributed by atoms with van der Waals surface area (Å²) in [6, 6.07) is 5.54. The average molecular weight is 476 g/mol. The Morgan fingerprint density at radius 3 is 2.58 bits per heavy atom. The van der Waals surface area contributed by atoms with Gasteiger partial charge in [-0.3, -0.25) is 9.69 Å². The molecule has 0 spiro atoms. The first-order valence-electron chi connectivity index (χ1n) is 11.1. The third-order valence-electron chi connectivity index (χ3n) is 5.72.